The Kier molecular flexibility index (Phi) is 5.06. The van der Waals surface area contributed by atoms with Crippen molar-refractivity contribution in [1.29, 1.82) is 0 Å². The Morgan fingerprint density at radius 3 is 2.83 bits per heavy atom. The number of methoxy groups -OCH3 is 1. The summed E-state index contributed by atoms with van der Waals surface area (Å²) in [5.74, 6) is 0.0253. The van der Waals surface area contributed by atoms with Gasteiger partial charge in [0.2, 0.25) is 10.0 Å². The smallest absolute Gasteiger partial charge is 0.315 e. The molecule has 4 aromatic rings. The van der Waals surface area contributed by atoms with Crippen LogP contribution in [-0.2, 0) is 16.6 Å². The van der Waals surface area contributed by atoms with Gasteiger partial charge in [-0.05, 0) is 30.3 Å². The van der Waals surface area contributed by atoms with Gasteiger partial charge in [0.05, 0.1) is 22.2 Å². The lowest BCUT2D eigenvalue weighted by molar-refractivity contribution is 0.0973. The lowest BCUT2D eigenvalue weighted by Gasteiger charge is -2.02. The van der Waals surface area contributed by atoms with Gasteiger partial charge in [-0.25, -0.2) is 13.6 Å². The van der Waals surface area contributed by atoms with Crippen LogP contribution in [0.25, 0.3) is 21.2 Å². The third-order valence-electron chi connectivity index (χ3n) is 4.43. The number of nitrogens with two attached hydrogens (primary N) is 1. The van der Waals surface area contributed by atoms with E-state index in [1.165, 1.54) is 30.6 Å². The van der Waals surface area contributed by atoms with Gasteiger partial charge in [-0.15, -0.1) is 6.58 Å². The number of amides is 1. The Hall–Kier alpha value is -3.21. The third-order valence-corrected chi connectivity index (χ3v) is 6.38. The number of furan rings is 1. The monoisotopic (exact) mass is 443 g/mol. The second kappa shape index (κ2) is 7.56. The molecule has 0 spiro atoms. The molecule has 0 bridgehead atoms. The minimum Gasteiger partial charge on any atom is -0.493 e. The van der Waals surface area contributed by atoms with Crippen LogP contribution in [0.15, 0.2) is 69.4 Å². The number of sulfonamides is 1. The minimum absolute atomic E-state index is 0.00995. The molecule has 2 heterocycles. The van der Waals surface area contributed by atoms with Gasteiger partial charge < -0.3 is 13.7 Å². The highest BCUT2D eigenvalue weighted by atomic mass is 32.2. The van der Waals surface area contributed by atoms with E-state index in [9.17, 15) is 13.2 Å². The van der Waals surface area contributed by atoms with E-state index in [0.717, 1.165) is 5.39 Å². The van der Waals surface area contributed by atoms with E-state index < -0.39 is 15.9 Å². The van der Waals surface area contributed by atoms with E-state index in [2.05, 4.69) is 11.6 Å². The molecule has 8 nitrogen and oxygen atoms in total. The van der Waals surface area contributed by atoms with E-state index in [-0.39, 0.29) is 10.7 Å². The highest BCUT2D eigenvalue weighted by Gasteiger charge is 2.16. The van der Waals surface area contributed by atoms with Crippen LogP contribution in [0.4, 0.5) is 0 Å². The Bertz CT molecular complexity index is 1480. The van der Waals surface area contributed by atoms with Crippen molar-refractivity contribution in [2.24, 2.45) is 10.1 Å². The summed E-state index contributed by atoms with van der Waals surface area (Å²) < 4.78 is 36.6. The molecule has 2 N–H and O–H groups in total. The average Bonchev–Trinajstić information content (AvgIpc) is 3.29. The summed E-state index contributed by atoms with van der Waals surface area (Å²) in [5.41, 5.74) is 1.18. The second-order valence-electron chi connectivity index (χ2n) is 6.36. The maximum atomic E-state index is 12.8. The number of ether oxygens (including phenoxy) is 1. The standard InChI is InChI=1S/C20H17N3O5S2/c1-3-9-23-14-8-7-13(30(21,25)26)11-17(14)29-20(23)22-19(24)16-10-12-5-4-6-15(27-2)18(12)28-16/h3-8,10-11H,1,9H2,2H3,(H2,21,25,26). The first-order chi connectivity index (χ1) is 14.3. The van der Waals surface area contributed by atoms with Crippen LogP contribution < -0.4 is 14.7 Å². The summed E-state index contributed by atoms with van der Waals surface area (Å²) in [5, 5.41) is 5.95. The molecule has 0 saturated carbocycles. The van der Waals surface area contributed by atoms with Crippen molar-refractivity contribution in [3.8, 4) is 5.75 Å². The molecule has 0 saturated heterocycles. The fraction of sp³-hybridized carbons (Fsp3) is 0.100. The molecule has 2 aromatic carbocycles. The largest absolute Gasteiger partial charge is 0.493 e. The third kappa shape index (κ3) is 3.56. The second-order valence-corrected chi connectivity index (χ2v) is 8.94. The zero-order chi connectivity index (χ0) is 21.5. The van der Waals surface area contributed by atoms with Crippen molar-refractivity contribution < 1.29 is 22.4 Å². The van der Waals surface area contributed by atoms with Crippen LogP contribution in [0.1, 0.15) is 10.6 Å². The number of primary sulfonamides is 1. The van der Waals surface area contributed by atoms with E-state index in [4.69, 9.17) is 14.3 Å². The van der Waals surface area contributed by atoms with Gasteiger partial charge in [0.1, 0.15) is 0 Å². The highest BCUT2D eigenvalue weighted by molar-refractivity contribution is 7.89. The Labute approximate surface area is 175 Å². The summed E-state index contributed by atoms with van der Waals surface area (Å²) in [4.78, 5) is 17.4. The van der Waals surface area contributed by atoms with Crippen molar-refractivity contribution in [2.75, 3.05) is 7.11 Å². The van der Waals surface area contributed by atoms with Crippen molar-refractivity contribution in [3.63, 3.8) is 0 Å². The van der Waals surface area contributed by atoms with Crippen molar-refractivity contribution in [3.05, 3.63) is 65.7 Å². The van der Waals surface area contributed by atoms with Crippen LogP contribution in [0.2, 0.25) is 0 Å². The first-order valence-corrected chi connectivity index (χ1v) is 11.1. The number of aromatic nitrogens is 1. The van der Waals surface area contributed by atoms with E-state index in [1.54, 1.807) is 34.9 Å². The van der Waals surface area contributed by atoms with Crippen molar-refractivity contribution in [2.45, 2.75) is 11.4 Å². The molecule has 154 valence electrons. The Morgan fingerprint density at radius 2 is 2.13 bits per heavy atom. The number of thiazole rings is 1. The van der Waals surface area contributed by atoms with Crippen LogP contribution in [0, 0.1) is 0 Å². The van der Waals surface area contributed by atoms with Crippen LogP contribution in [0.3, 0.4) is 0 Å². The number of carbonyl (C=O) groups is 1. The van der Waals surface area contributed by atoms with Gasteiger partial charge in [0.25, 0.3) is 0 Å². The average molecular weight is 444 g/mol. The fourth-order valence-electron chi connectivity index (χ4n) is 3.07. The number of carbonyl (C=O) groups excluding carboxylic acids is 1. The van der Waals surface area contributed by atoms with Crippen LogP contribution in [-0.4, -0.2) is 26.0 Å². The molecule has 10 heteroatoms. The Morgan fingerprint density at radius 1 is 1.33 bits per heavy atom. The zero-order valence-corrected chi connectivity index (χ0v) is 17.5. The number of rotatable bonds is 5. The number of nitrogens with zero attached hydrogens (tertiary/aromatic N) is 2. The molecule has 2 aromatic heterocycles. The predicted molar refractivity (Wildman–Crippen MR) is 114 cm³/mol. The molecule has 30 heavy (non-hydrogen) atoms. The first-order valence-electron chi connectivity index (χ1n) is 8.74. The maximum absolute atomic E-state index is 12.8. The number of para-hydroxylation sites is 1. The highest BCUT2D eigenvalue weighted by Crippen LogP contribution is 2.29. The summed E-state index contributed by atoms with van der Waals surface area (Å²) in [6.45, 7) is 4.12. The van der Waals surface area contributed by atoms with Crippen molar-refractivity contribution in [1.82, 2.24) is 4.57 Å². The minimum atomic E-state index is -3.84. The topological polar surface area (TPSA) is 117 Å². The van der Waals surface area contributed by atoms with Gasteiger partial charge in [-0.2, -0.15) is 4.99 Å². The fourth-order valence-corrected chi connectivity index (χ4v) is 4.76. The van der Waals surface area contributed by atoms with E-state index in [1.807, 2.05) is 6.07 Å². The summed E-state index contributed by atoms with van der Waals surface area (Å²) in [6, 6.07) is 11.5. The van der Waals surface area contributed by atoms with E-state index in [0.29, 0.717) is 32.9 Å². The maximum Gasteiger partial charge on any atom is 0.315 e. The van der Waals surface area contributed by atoms with Crippen LogP contribution >= 0.6 is 11.3 Å². The molecule has 0 aliphatic heterocycles. The van der Waals surface area contributed by atoms with Gasteiger partial charge >= 0.3 is 5.91 Å². The molecule has 1 amide bonds. The molecule has 0 aliphatic carbocycles. The summed E-state index contributed by atoms with van der Waals surface area (Å²) in [7, 11) is -2.32. The SMILES string of the molecule is C=CCn1c(=NC(=O)c2cc3cccc(OC)c3o2)sc2cc(S(N)(=O)=O)ccc21. The molecular weight excluding hydrogens is 426 g/mol. The molecule has 4 rings (SSSR count). The van der Waals surface area contributed by atoms with Gasteiger partial charge in [-0.1, -0.05) is 29.5 Å². The molecule has 0 fully saturated rings. The van der Waals surface area contributed by atoms with Crippen LogP contribution in [0.5, 0.6) is 5.75 Å². The molecule has 0 radical (unpaired) electrons. The van der Waals surface area contributed by atoms with E-state index >= 15 is 0 Å². The van der Waals surface area contributed by atoms with Gasteiger partial charge in [-0.3, -0.25) is 4.79 Å². The predicted octanol–water partition coefficient (Wildman–Crippen LogP) is 3.03. The van der Waals surface area contributed by atoms with Gasteiger partial charge in [0.15, 0.2) is 21.9 Å². The lowest BCUT2D eigenvalue weighted by atomic mass is 10.2. The normalized spacial score (nSPS) is 12.5. The molecular formula is C20H17N3O5S2. The number of hydrogen-bond acceptors (Lipinski definition) is 6. The number of hydrogen-bond donors (Lipinski definition) is 1. The number of allylic oxidation sites excluding steroid dienone is 1. The first kappa shape index (κ1) is 20.1. The summed E-state index contributed by atoms with van der Waals surface area (Å²) >= 11 is 1.17. The zero-order valence-electron chi connectivity index (χ0n) is 15.9. The lowest BCUT2D eigenvalue weighted by Crippen LogP contribution is -2.16. The molecule has 0 unspecified atom stereocenters. The van der Waals surface area contributed by atoms with Crippen molar-refractivity contribution >= 4 is 48.5 Å². The van der Waals surface area contributed by atoms with Gasteiger partial charge in [0, 0.05) is 11.9 Å². The number of fused-ring (bicyclic) bond motifs is 2. The Balaban J connectivity index is 1.86. The molecule has 0 atom stereocenters. The number of benzene rings is 2. The quantitative estimate of drug-likeness (QED) is 0.476. The summed E-state index contributed by atoms with van der Waals surface area (Å²) in [6.07, 6.45) is 1.66. The molecule has 0 aliphatic rings.